The number of carbonyl (C=O) groups excluding carboxylic acids is 1. The zero-order chi connectivity index (χ0) is 20.1. The predicted molar refractivity (Wildman–Crippen MR) is 110 cm³/mol. The highest BCUT2D eigenvalue weighted by atomic mass is 16.5. The summed E-state index contributed by atoms with van der Waals surface area (Å²) in [6.07, 6.45) is 3.22. The predicted octanol–water partition coefficient (Wildman–Crippen LogP) is 4.63. The van der Waals surface area contributed by atoms with Crippen LogP contribution in [0, 0.1) is 6.92 Å². The van der Waals surface area contributed by atoms with E-state index in [1.165, 1.54) is 22.3 Å². The molecule has 1 amide bonds. The van der Waals surface area contributed by atoms with Gasteiger partial charge in [0.15, 0.2) is 5.82 Å². The largest absolute Gasteiger partial charge is 0.449 e. The number of fused-ring (bicyclic) bond motifs is 3. The summed E-state index contributed by atoms with van der Waals surface area (Å²) in [5, 5.41) is 6.62. The Morgan fingerprint density at radius 2 is 1.72 bits per heavy atom. The van der Waals surface area contributed by atoms with Crippen molar-refractivity contribution in [2.45, 2.75) is 38.5 Å². The molecule has 2 aromatic carbocycles. The Balaban J connectivity index is 1.20. The van der Waals surface area contributed by atoms with Crippen LogP contribution in [0.1, 0.15) is 48.0 Å². The Hall–Kier alpha value is -3.15. The zero-order valence-electron chi connectivity index (χ0n) is 16.6. The van der Waals surface area contributed by atoms with E-state index in [1.54, 1.807) is 0 Å². The molecule has 1 aromatic heterocycles. The SMILES string of the molecule is Cc1noc(CCCCCNC(=O)OCC2c3ccccc3-c3ccccc32)n1. The first kappa shape index (κ1) is 19.2. The molecule has 1 aliphatic carbocycles. The molecule has 1 aliphatic rings. The number of ether oxygens (including phenoxy) is 1. The summed E-state index contributed by atoms with van der Waals surface area (Å²) in [5.74, 6) is 1.43. The van der Waals surface area contributed by atoms with Crippen LogP contribution in [0.15, 0.2) is 53.1 Å². The van der Waals surface area contributed by atoms with E-state index in [0.29, 0.717) is 24.9 Å². The number of aromatic nitrogens is 2. The summed E-state index contributed by atoms with van der Waals surface area (Å²) in [6.45, 7) is 2.75. The molecular weight excluding hydrogens is 366 g/mol. The topological polar surface area (TPSA) is 77.2 Å². The number of unbranched alkanes of at least 4 members (excludes halogenated alkanes) is 2. The summed E-state index contributed by atoms with van der Waals surface area (Å²) < 4.78 is 10.6. The molecule has 4 rings (SSSR count). The molecule has 0 atom stereocenters. The van der Waals surface area contributed by atoms with Gasteiger partial charge in [-0.15, -0.1) is 0 Å². The van der Waals surface area contributed by atoms with E-state index in [0.717, 1.165) is 25.7 Å². The summed E-state index contributed by atoms with van der Waals surface area (Å²) >= 11 is 0. The van der Waals surface area contributed by atoms with Crippen LogP contribution in [0.5, 0.6) is 0 Å². The zero-order valence-corrected chi connectivity index (χ0v) is 16.6. The van der Waals surface area contributed by atoms with E-state index >= 15 is 0 Å². The van der Waals surface area contributed by atoms with E-state index in [4.69, 9.17) is 9.26 Å². The fraction of sp³-hybridized carbons (Fsp3) is 0.348. The summed E-state index contributed by atoms with van der Waals surface area (Å²) in [4.78, 5) is 16.3. The summed E-state index contributed by atoms with van der Waals surface area (Å²) in [6, 6.07) is 16.7. The first-order chi connectivity index (χ1) is 14.2. The lowest BCUT2D eigenvalue weighted by Gasteiger charge is -2.14. The minimum atomic E-state index is -0.362. The third-order valence-electron chi connectivity index (χ3n) is 5.25. The van der Waals surface area contributed by atoms with Crippen molar-refractivity contribution >= 4 is 6.09 Å². The molecule has 0 saturated carbocycles. The van der Waals surface area contributed by atoms with Crippen molar-refractivity contribution < 1.29 is 14.1 Å². The Morgan fingerprint density at radius 1 is 1.03 bits per heavy atom. The van der Waals surface area contributed by atoms with Gasteiger partial charge in [0.2, 0.25) is 5.89 Å². The highest BCUT2D eigenvalue weighted by Gasteiger charge is 2.28. The van der Waals surface area contributed by atoms with Gasteiger partial charge in [0.05, 0.1) is 0 Å². The van der Waals surface area contributed by atoms with Crippen LogP contribution in [0.25, 0.3) is 11.1 Å². The van der Waals surface area contributed by atoms with Crippen molar-refractivity contribution in [2.75, 3.05) is 13.2 Å². The van der Waals surface area contributed by atoms with Gasteiger partial charge in [-0.1, -0.05) is 60.1 Å². The van der Waals surface area contributed by atoms with Crippen LogP contribution in [0.3, 0.4) is 0 Å². The fourth-order valence-corrected chi connectivity index (χ4v) is 3.86. The van der Waals surface area contributed by atoms with Crippen LogP contribution in [0.4, 0.5) is 4.79 Å². The smallest absolute Gasteiger partial charge is 0.407 e. The number of benzene rings is 2. The van der Waals surface area contributed by atoms with E-state index in [9.17, 15) is 4.79 Å². The van der Waals surface area contributed by atoms with Gasteiger partial charge in [0.1, 0.15) is 6.61 Å². The molecule has 1 N–H and O–H groups in total. The minimum absolute atomic E-state index is 0.0889. The van der Waals surface area contributed by atoms with Crippen molar-refractivity contribution in [3.63, 3.8) is 0 Å². The second kappa shape index (κ2) is 8.90. The molecule has 6 nitrogen and oxygen atoms in total. The first-order valence-electron chi connectivity index (χ1n) is 10.1. The molecule has 0 bridgehead atoms. The van der Waals surface area contributed by atoms with Gasteiger partial charge in [-0.05, 0) is 42.0 Å². The van der Waals surface area contributed by atoms with Crippen LogP contribution in [-0.4, -0.2) is 29.4 Å². The Kier molecular flexibility index (Phi) is 5.89. The molecule has 150 valence electrons. The van der Waals surface area contributed by atoms with E-state index in [1.807, 2.05) is 31.2 Å². The van der Waals surface area contributed by atoms with Crippen molar-refractivity contribution in [3.05, 3.63) is 71.4 Å². The maximum Gasteiger partial charge on any atom is 0.407 e. The van der Waals surface area contributed by atoms with Crippen molar-refractivity contribution in [3.8, 4) is 11.1 Å². The third kappa shape index (κ3) is 4.47. The van der Waals surface area contributed by atoms with Gasteiger partial charge in [0, 0.05) is 18.9 Å². The lowest BCUT2D eigenvalue weighted by atomic mass is 9.98. The summed E-state index contributed by atoms with van der Waals surface area (Å²) in [5.41, 5.74) is 4.90. The van der Waals surface area contributed by atoms with Crippen molar-refractivity contribution in [1.29, 1.82) is 0 Å². The average molecular weight is 391 g/mol. The van der Waals surface area contributed by atoms with Gasteiger partial charge in [-0.25, -0.2) is 4.79 Å². The standard InChI is InChI=1S/C23H25N3O3/c1-16-25-22(29-26-16)13-3-2-8-14-24-23(27)28-15-21-19-11-6-4-9-17(19)18-10-5-7-12-20(18)21/h4-7,9-12,21H,2-3,8,13-15H2,1H3,(H,24,27). The van der Waals surface area contributed by atoms with Crippen molar-refractivity contribution in [2.24, 2.45) is 0 Å². The van der Waals surface area contributed by atoms with Gasteiger partial charge < -0.3 is 14.6 Å². The maximum absolute atomic E-state index is 12.1. The normalized spacial score (nSPS) is 12.4. The van der Waals surface area contributed by atoms with Crippen LogP contribution < -0.4 is 5.32 Å². The molecule has 1 heterocycles. The van der Waals surface area contributed by atoms with Gasteiger partial charge in [-0.2, -0.15) is 4.98 Å². The molecule has 0 saturated heterocycles. The van der Waals surface area contributed by atoms with E-state index < -0.39 is 0 Å². The number of aryl methyl sites for hydroxylation is 2. The third-order valence-corrected chi connectivity index (χ3v) is 5.25. The molecule has 6 heteroatoms. The lowest BCUT2D eigenvalue weighted by molar-refractivity contribution is 0.143. The van der Waals surface area contributed by atoms with E-state index in [-0.39, 0.29) is 12.0 Å². The van der Waals surface area contributed by atoms with E-state index in [2.05, 4.69) is 39.7 Å². The highest BCUT2D eigenvalue weighted by molar-refractivity contribution is 5.79. The number of rotatable bonds is 8. The second-order valence-corrected chi connectivity index (χ2v) is 7.30. The Bertz CT molecular complexity index is 937. The molecule has 0 radical (unpaired) electrons. The number of hydrogen-bond acceptors (Lipinski definition) is 5. The Labute approximate surface area is 170 Å². The fourth-order valence-electron chi connectivity index (χ4n) is 3.86. The number of hydrogen-bond donors (Lipinski definition) is 1. The van der Waals surface area contributed by atoms with Gasteiger partial charge in [0.25, 0.3) is 0 Å². The van der Waals surface area contributed by atoms with Crippen LogP contribution in [0.2, 0.25) is 0 Å². The van der Waals surface area contributed by atoms with Crippen LogP contribution in [-0.2, 0) is 11.2 Å². The number of alkyl carbamates (subject to hydrolysis) is 1. The maximum atomic E-state index is 12.1. The molecular formula is C23H25N3O3. The quantitative estimate of drug-likeness (QED) is 0.567. The molecule has 29 heavy (non-hydrogen) atoms. The lowest BCUT2D eigenvalue weighted by Crippen LogP contribution is -2.27. The molecule has 0 fully saturated rings. The number of nitrogens with one attached hydrogen (secondary N) is 1. The van der Waals surface area contributed by atoms with Gasteiger partial charge in [-0.3, -0.25) is 0 Å². The highest BCUT2D eigenvalue weighted by Crippen LogP contribution is 2.44. The average Bonchev–Trinajstić information content (AvgIpc) is 3.30. The monoisotopic (exact) mass is 391 g/mol. The van der Waals surface area contributed by atoms with Crippen molar-refractivity contribution in [1.82, 2.24) is 15.5 Å². The second-order valence-electron chi connectivity index (χ2n) is 7.30. The number of amides is 1. The molecule has 0 aliphatic heterocycles. The summed E-state index contributed by atoms with van der Waals surface area (Å²) in [7, 11) is 0. The first-order valence-corrected chi connectivity index (χ1v) is 10.1. The van der Waals surface area contributed by atoms with Crippen LogP contribution >= 0.6 is 0 Å². The number of carbonyl (C=O) groups is 1. The molecule has 3 aromatic rings. The molecule has 0 spiro atoms. The Morgan fingerprint density at radius 3 is 2.38 bits per heavy atom. The number of nitrogens with zero attached hydrogens (tertiary/aromatic N) is 2. The minimum Gasteiger partial charge on any atom is -0.449 e. The van der Waals surface area contributed by atoms with Gasteiger partial charge >= 0.3 is 6.09 Å². The molecule has 0 unspecified atom stereocenters.